The molecule has 0 saturated heterocycles. The van der Waals surface area contributed by atoms with E-state index in [1.54, 1.807) is 6.07 Å². The molecule has 2 rings (SSSR count). The summed E-state index contributed by atoms with van der Waals surface area (Å²) in [6.07, 6.45) is 1.36. The number of pyridine rings is 1. The van der Waals surface area contributed by atoms with Crippen LogP contribution in [0.4, 0.5) is 10.1 Å². The van der Waals surface area contributed by atoms with Crippen LogP contribution in [0.5, 0.6) is 0 Å². The lowest BCUT2D eigenvalue weighted by Crippen LogP contribution is -1.92. The molecule has 92 valence electrons. The van der Waals surface area contributed by atoms with E-state index in [4.69, 9.17) is 22.4 Å². The highest BCUT2D eigenvalue weighted by Gasteiger charge is 2.11. The van der Waals surface area contributed by atoms with Gasteiger partial charge in [-0.25, -0.2) is 4.98 Å². The number of hydrogen-bond donors (Lipinski definition) is 2. The number of thiophene rings is 1. The molecule has 3 nitrogen and oxygen atoms in total. The quantitative estimate of drug-likeness (QED) is 0.837. The summed E-state index contributed by atoms with van der Waals surface area (Å²) < 4.78 is 13.3. The van der Waals surface area contributed by atoms with Crippen LogP contribution in [-0.2, 0) is 6.61 Å². The van der Waals surface area contributed by atoms with Gasteiger partial charge >= 0.3 is 0 Å². The van der Waals surface area contributed by atoms with Crippen molar-refractivity contribution in [2.45, 2.75) is 6.61 Å². The number of rotatable bonds is 2. The maximum absolute atomic E-state index is 12.9. The van der Waals surface area contributed by atoms with Crippen molar-refractivity contribution in [2.75, 3.05) is 5.73 Å². The molecule has 0 aliphatic rings. The second-order valence-corrected chi connectivity index (χ2v) is 4.82. The molecule has 0 amide bonds. The molecule has 0 aromatic carbocycles. The summed E-state index contributed by atoms with van der Waals surface area (Å²) in [6.45, 7) is -0.260. The van der Waals surface area contributed by atoms with E-state index in [-0.39, 0.29) is 19.0 Å². The van der Waals surface area contributed by atoms with Crippen LogP contribution in [0.15, 0.2) is 18.3 Å². The summed E-state index contributed by atoms with van der Waals surface area (Å²) in [7, 11) is 0. The first-order valence-corrected chi connectivity index (χ1v) is 5.61. The fourth-order valence-corrected chi connectivity index (χ4v) is 2.49. The first-order chi connectivity index (χ1) is 7.61. The predicted octanol–water partition coefficient (Wildman–Crippen LogP) is 3.10. The zero-order chi connectivity index (χ0) is 11.7. The van der Waals surface area contributed by atoms with Gasteiger partial charge in [0.15, 0.2) is 0 Å². The average molecular weight is 295 g/mol. The Labute approximate surface area is 112 Å². The number of aliphatic hydroxyl groups is 1. The Morgan fingerprint density at radius 3 is 2.71 bits per heavy atom. The fraction of sp³-hybridized carbons (Fsp3) is 0.100. The molecule has 7 heteroatoms. The van der Waals surface area contributed by atoms with Crippen molar-refractivity contribution in [2.24, 2.45) is 0 Å². The molecule has 2 heterocycles. The van der Waals surface area contributed by atoms with Gasteiger partial charge in [0.05, 0.1) is 12.3 Å². The van der Waals surface area contributed by atoms with Gasteiger partial charge in [0.2, 0.25) is 5.95 Å². The monoisotopic (exact) mass is 294 g/mol. The number of aliphatic hydroxyl groups excluding tert-OH is 1. The Morgan fingerprint density at radius 1 is 1.47 bits per heavy atom. The van der Waals surface area contributed by atoms with Crippen LogP contribution in [0.1, 0.15) is 5.56 Å². The van der Waals surface area contributed by atoms with E-state index in [0.29, 0.717) is 21.2 Å². The second-order valence-electron chi connectivity index (χ2n) is 3.16. The van der Waals surface area contributed by atoms with Crippen LogP contribution < -0.4 is 5.73 Å². The normalized spacial score (nSPS) is 10.1. The van der Waals surface area contributed by atoms with Crippen molar-refractivity contribution in [3.05, 3.63) is 34.2 Å². The van der Waals surface area contributed by atoms with Crippen LogP contribution in [0.25, 0.3) is 10.4 Å². The second kappa shape index (κ2) is 5.64. The summed E-state index contributed by atoms with van der Waals surface area (Å²) >= 11 is 7.11. The summed E-state index contributed by atoms with van der Waals surface area (Å²) in [5.74, 6) is -0.622. The molecular formula is C10H9Cl2FN2OS. The molecule has 0 atom stereocenters. The molecule has 0 bridgehead atoms. The minimum absolute atomic E-state index is 0. The highest BCUT2D eigenvalue weighted by molar-refractivity contribution is 7.20. The van der Waals surface area contributed by atoms with Gasteiger partial charge in [-0.15, -0.1) is 23.7 Å². The number of aromatic nitrogens is 1. The summed E-state index contributed by atoms with van der Waals surface area (Å²) in [6, 6.07) is 2.88. The van der Waals surface area contributed by atoms with E-state index in [1.165, 1.54) is 23.6 Å². The standard InChI is InChI=1S/C10H8ClFN2OS.ClH/c11-10-7(13)2-8(16-10)6-3-14-9(12)1-5(6)4-15;/h1-3,15H,4,13H2;1H. The third kappa shape index (κ3) is 2.87. The van der Waals surface area contributed by atoms with E-state index in [9.17, 15) is 4.39 Å². The van der Waals surface area contributed by atoms with Gasteiger partial charge < -0.3 is 10.8 Å². The smallest absolute Gasteiger partial charge is 0.213 e. The molecule has 0 unspecified atom stereocenters. The molecule has 0 aliphatic heterocycles. The van der Waals surface area contributed by atoms with E-state index in [2.05, 4.69) is 4.98 Å². The maximum Gasteiger partial charge on any atom is 0.213 e. The van der Waals surface area contributed by atoms with Gasteiger partial charge in [0.25, 0.3) is 0 Å². The highest BCUT2D eigenvalue weighted by Crippen LogP contribution is 2.37. The molecule has 2 aromatic heterocycles. The minimum atomic E-state index is -0.622. The largest absolute Gasteiger partial charge is 0.397 e. The number of nitrogens with two attached hydrogens (primary N) is 1. The zero-order valence-corrected chi connectivity index (χ0v) is 10.9. The Kier molecular flexibility index (Phi) is 4.70. The Morgan fingerprint density at radius 2 is 2.18 bits per heavy atom. The lowest BCUT2D eigenvalue weighted by atomic mass is 10.1. The van der Waals surface area contributed by atoms with Gasteiger partial charge in [-0.3, -0.25) is 0 Å². The summed E-state index contributed by atoms with van der Waals surface area (Å²) in [4.78, 5) is 4.31. The van der Waals surface area contributed by atoms with E-state index >= 15 is 0 Å². The predicted molar refractivity (Wildman–Crippen MR) is 70.1 cm³/mol. The van der Waals surface area contributed by atoms with Crippen LogP contribution >= 0.6 is 35.3 Å². The van der Waals surface area contributed by atoms with Gasteiger partial charge in [-0.05, 0) is 17.7 Å². The fourth-order valence-electron chi connectivity index (χ4n) is 1.34. The van der Waals surface area contributed by atoms with Crippen LogP contribution in [0, 0.1) is 5.95 Å². The number of hydrogen-bond acceptors (Lipinski definition) is 4. The summed E-state index contributed by atoms with van der Waals surface area (Å²) in [5.41, 5.74) is 7.20. The highest BCUT2D eigenvalue weighted by atomic mass is 35.5. The van der Waals surface area contributed by atoms with Crippen LogP contribution in [0.2, 0.25) is 4.34 Å². The topological polar surface area (TPSA) is 59.1 Å². The van der Waals surface area contributed by atoms with Crippen molar-refractivity contribution in [1.29, 1.82) is 0 Å². The molecule has 17 heavy (non-hydrogen) atoms. The van der Waals surface area contributed by atoms with Crippen molar-refractivity contribution in [1.82, 2.24) is 4.98 Å². The summed E-state index contributed by atoms with van der Waals surface area (Å²) in [5, 5.41) is 9.13. The lowest BCUT2D eigenvalue weighted by Gasteiger charge is -2.03. The number of anilines is 1. The molecular weight excluding hydrogens is 286 g/mol. The van der Waals surface area contributed by atoms with Crippen molar-refractivity contribution < 1.29 is 9.50 Å². The Hall–Kier alpha value is -0.880. The van der Waals surface area contributed by atoms with Gasteiger partial charge in [0.1, 0.15) is 4.34 Å². The molecule has 0 saturated carbocycles. The molecule has 0 radical (unpaired) electrons. The van der Waals surface area contributed by atoms with E-state index in [0.717, 1.165) is 4.88 Å². The van der Waals surface area contributed by atoms with Crippen LogP contribution in [0.3, 0.4) is 0 Å². The maximum atomic E-state index is 12.9. The Balaban J connectivity index is 0.00000144. The van der Waals surface area contributed by atoms with E-state index in [1.807, 2.05) is 0 Å². The van der Waals surface area contributed by atoms with Crippen molar-refractivity contribution in [3.63, 3.8) is 0 Å². The first-order valence-electron chi connectivity index (χ1n) is 4.42. The first kappa shape index (κ1) is 14.2. The minimum Gasteiger partial charge on any atom is -0.397 e. The van der Waals surface area contributed by atoms with Gasteiger partial charge in [0, 0.05) is 16.6 Å². The van der Waals surface area contributed by atoms with Crippen molar-refractivity contribution in [3.8, 4) is 10.4 Å². The number of nitrogen functional groups attached to an aromatic ring is 1. The molecule has 2 aromatic rings. The van der Waals surface area contributed by atoms with Gasteiger partial charge in [-0.2, -0.15) is 4.39 Å². The number of halogens is 3. The molecule has 0 fully saturated rings. The SMILES string of the molecule is Cl.Nc1cc(-c2cnc(F)cc2CO)sc1Cl. The molecule has 3 N–H and O–H groups in total. The third-order valence-electron chi connectivity index (χ3n) is 2.11. The Bertz CT molecular complexity index is 514. The average Bonchev–Trinajstić information content (AvgIpc) is 2.59. The zero-order valence-electron chi connectivity index (χ0n) is 8.48. The lowest BCUT2D eigenvalue weighted by molar-refractivity contribution is 0.281. The van der Waals surface area contributed by atoms with Crippen LogP contribution in [-0.4, -0.2) is 10.1 Å². The molecule has 0 spiro atoms. The molecule has 0 aliphatic carbocycles. The van der Waals surface area contributed by atoms with Gasteiger partial charge in [-0.1, -0.05) is 11.6 Å². The number of nitrogens with zero attached hydrogens (tertiary/aromatic N) is 1. The third-order valence-corrected chi connectivity index (χ3v) is 3.53. The van der Waals surface area contributed by atoms with Crippen molar-refractivity contribution >= 4 is 41.0 Å². The van der Waals surface area contributed by atoms with E-state index < -0.39 is 5.95 Å².